The molecule has 2 aromatic rings. The molecule has 1 atom stereocenters. The van der Waals surface area contributed by atoms with Gasteiger partial charge in [-0.25, -0.2) is 4.79 Å². The van der Waals surface area contributed by atoms with Crippen molar-refractivity contribution in [2.24, 2.45) is 5.92 Å². The number of aromatic nitrogens is 2. The third-order valence-electron chi connectivity index (χ3n) is 3.22. The summed E-state index contributed by atoms with van der Waals surface area (Å²) in [4.78, 5) is 14.9. The molecule has 1 unspecified atom stereocenters. The molecule has 1 aliphatic heterocycles. The summed E-state index contributed by atoms with van der Waals surface area (Å²) in [7, 11) is 0. The van der Waals surface area contributed by atoms with E-state index in [1.807, 2.05) is 34.5 Å². The molecule has 2 heterocycles. The number of benzene rings is 1. The number of fused-ring (bicyclic) bond motifs is 1. The Hall–Kier alpha value is -0.680. The zero-order valence-corrected chi connectivity index (χ0v) is 11.7. The van der Waals surface area contributed by atoms with Crippen LogP contribution in [-0.2, 0) is 6.54 Å². The molecule has 1 aromatic heterocycles. The van der Waals surface area contributed by atoms with Crippen molar-refractivity contribution >= 4 is 38.7 Å². The van der Waals surface area contributed by atoms with Crippen molar-refractivity contribution in [2.45, 2.75) is 13.0 Å². The van der Waals surface area contributed by atoms with E-state index in [0.29, 0.717) is 5.92 Å². The van der Waals surface area contributed by atoms with Gasteiger partial charge < -0.3 is 4.98 Å². The molecule has 1 aliphatic rings. The van der Waals surface area contributed by atoms with Gasteiger partial charge in [0, 0.05) is 11.0 Å². The molecular weight excluding hydrogens is 300 g/mol. The van der Waals surface area contributed by atoms with Crippen molar-refractivity contribution < 1.29 is 0 Å². The first-order valence-corrected chi connectivity index (χ1v) is 7.65. The van der Waals surface area contributed by atoms with Crippen molar-refractivity contribution in [1.82, 2.24) is 9.55 Å². The molecule has 90 valence electrons. The van der Waals surface area contributed by atoms with Crippen LogP contribution in [0.4, 0.5) is 0 Å². The SMILES string of the molecule is O=c1[nH]c2c(Br)cccc2n1CC1CCSC1. The zero-order valence-electron chi connectivity index (χ0n) is 9.28. The molecular formula is C12H13BrN2OS. The van der Waals surface area contributed by atoms with Gasteiger partial charge in [0.1, 0.15) is 0 Å². The number of hydrogen-bond donors (Lipinski definition) is 1. The molecule has 0 spiro atoms. The smallest absolute Gasteiger partial charge is 0.305 e. The number of nitrogens with zero attached hydrogens (tertiary/aromatic N) is 1. The first-order chi connectivity index (χ1) is 8.25. The lowest BCUT2D eigenvalue weighted by Gasteiger charge is -2.09. The predicted octanol–water partition coefficient (Wildman–Crippen LogP) is 2.85. The summed E-state index contributed by atoms with van der Waals surface area (Å²) in [6, 6.07) is 5.92. The van der Waals surface area contributed by atoms with Crippen LogP contribution in [0.15, 0.2) is 27.5 Å². The summed E-state index contributed by atoms with van der Waals surface area (Å²) < 4.78 is 2.82. The molecule has 3 nitrogen and oxygen atoms in total. The minimum absolute atomic E-state index is 0.00352. The summed E-state index contributed by atoms with van der Waals surface area (Å²) in [6.07, 6.45) is 1.22. The van der Waals surface area contributed by atoms with Crippen LogP contribution in [0, 0.1) is 5.92 Å². The van der Waals surface area contributed by atoms with Gasteiger partial charge in [-0.1, -0.05) is 6.07 Å². The fraction of sp³-hybridized carbons (Fsp3) is 0.417. The molecule has 3 rings (SSSR count). The van der Waals surface area contributed by atoms with Crippen LogP contribution in [0.2, 0.25) is 0 Å². The van der Waals surface area contributed by atoms with Crippen molar-refractivity contribution in [1.29, 1.82) is 0 Å². The number of para-hydroxylation sites is 1. The van der Waals surface area contributed by atoms with E-state index in [4.69, 9.17) is 0 Å². The lowest BCUT2D eigenvalue weighted by molar-refractivity contribution is 0.492. The Morgan fingerprint density at radius 1 is 1.53 bits per heavy atom. The van der Waals surface area contributed by atoms with Crippen LogP contribution >= 0.6 is 27.7 Å². The fourth-order valence-corrected chi connectivity index (χ4v) is 4.04. The number of aromatic amines is 1. The number of H-pyrrole nitrogens is 1. The first kappa shape index (κ1) is 11.4. The number of imidazole rings is 1. The Kier molecular flexibility index (Phi) is 3.04. The summed E-state index contributed by atoms with van der Waals surface area (Å²) in [5.74, 6) is 3.04. The largest absolute Gasteiger partial charge is 0.326 e. The molecule has 5 heteroatoms. The second-order valence-corrected chi connectivity index (χ2v) is 6.41. The maximum atomic E-state index is 12.0. The Bertz CT molecular complexity index is 598. The van der Waals surface area contributed by atoms with Crippen LogP contribution in [0.3, 0.4) is 0 Å². The average molecular weight is 313 g/mol. The van der Waals surface area contributed by atoms with E-state index in [-0.39, 0.29) is 5.69 Å². The quantitative estimate of drug-likeness (QED) is 0.926. The average Bonchev–Trinajstić information content (AvgIpc) is 2.91. The summed E-state index contributed by atoms with van der Waals surface area (Å²) in [5, 5.41) is 0. The third kappa shape index (κ3) is 2.06. The molecule has 0 bridgehead atoms. The second kappa shape index (κ2) is 4.53. The molecule has 0 saturated carbocycles. The molecule has 1 fully saturated rings. The lowest BCUT2D eigenvalue weighted by atomic mass is 10.1. The summed E-state index contributed by atoms with van der Waals surface area (Å²) in [5.41, 5.74) is 1.91. The van der Waals surface area contributed by atoms with E-state index in [9.17, 15) is 4.79 Å². The topological polar surface area (TPSA) is 37.8 Å². The van der Waals surface area contributed by atoms with Gasteiger partial charge in [-0.05, 0) is 51.9 Å². The Morgan fingerprint density at radius 3 is 3.18 bits per heavy atom. The zero-order chi connectivity index (χ0) is 11.8. The fourth-order valence-electron chi connectivity index (χ4n) is 2.31. The maximum Gasteiger partial charge on any atom is 0.326 e. The highest BCUT2D eigenvalue weighted by Crippen LogP contribution is 2.26. The summed E-state index contributed by atoms with van der Waals surface area (Å²) >= 11 is 5.45. The Labute approximate surface area is 112 Å². The third-order valence-corrected chi connectivity index (χ3v) is 5.12. The maximum absolute atomic E-state index is 12.0. The van der Waals surface area contributed by atoms with E-state index in [1.165, 1.54) is 17.9 Å². The van der Waals surface area contributed by atoms with Crippen LogP contribution in [0.1, 0.15) is 6.42 Å². The standard InChI is InChI=1S/C12H13BrN2OS/c13-9-2-1-3-10-11(9)14-12(16)15(10)6-8-4-5-17-7-8/h1-3,8H,4-7H2,(H,14,16). The highest BCUT2D eigenvalue weighted by Gasteiger charge is 2.18. The molecule has 17 heavy (non-hydrogen) atoms. The van der Waals surface area contributed by atoms with Crippen LogP contribution in [-0.4, -0.2) is 21.1 Å². The molecule has 0 amide bonds. The first-order valence-electron chi connectivity index (χ1n) is 5.70. The van der Waals surface area contributed by atoms with Gasteiger partial charge in [0.25, 0.3) is 0 Å². The molecule has 1 N–H and O–H groups in total. The van der Waals surface area contributed by atoms with Gasteiger partial charge in [-0.2, -0.15) is 11.8 Å². The monoisotopic (exact) mass is 312 g/mol. The van der Waals surface area contributed by atoms with Crippen molar-refractivity contribution in [3.05, 3.63) is 33.2 Å². The van der Waals surface area contributed by atoms with E-state index >= 15 is 0 Å². The normalized spacial score (nSPS) is 20.2. The number of hydrogen-bond acceptors (Lipinski definition) is 2. The van der Waals surface area contributed by atoms with Crippen molar-refractivity contribution in [3.8, 4) is 0 Å². The van der Waals surface area contributed by atoms with E-state index in [0.717, 1.165) is 22.1 Å². The van der Waals surface area contributed by atoms with Crippen LogP contribution < -0.4 is 5.69 Å². The minimum Gasteiger partial charge on any atom is -0.305 e. The van der Waals surface area contributed by atoms with Crippen molar-refractivity contribution in [2.75, 3.05) is 11.5 Å². The molecule has 1 saturated heterocycles. The number of halogens is 1. The van der Waals surface area contributed by atoms with Gasteiger partial charge in [-0.15, -0.1) is 0 Å². The number of thioether (sulfide) groups is 1. The van der Waals surface area contributed by atoms with Gasteiger partial charge in [0.2, 0.25) is 0 Å². The molecule has 1 aromatic carbocycles. The highest BCUT2D eigenvalue weighted by molar-refractivity contribution is 9.10. The Morgan fingerprint density at radius 2 is 2.41 bits per heavy atom. The second-order valence-electron chi connectivity index (χ2n) is 4.40. The lowest BCUT2D eigenvalue weighted by Crippen LogP contribution is -2.21. The van der Waals surface area contributed by atoms with E-state index in [1.54, 1.807) is 0 Å². The number of rotatable bonds is 2. The van der Waals surface area contributed by atoms with Gasteiger partial charge in [-0.3, -0.25) is 4.57 Å². The molecule has 0 aliphatic carbocycles. The highest BCUT2D eigenvalue weighted by atomic mass is 79.9. The van der Waals surface area contributed by atoms with Crippen LogP contribution in [0.5, 0.6) is 0 Å². The Balaban J connectivity index is 2.06. The number of nitrogens with one attached hydrogen (secondary N) is 1. The minimum atomic E-state index is 0.00352. The van der Waals surface area contributed by atoms with Gasteiger partial charge in [0.05, 0.1) is 11.0 Å². The van der Waals surface area contributed by atoms with Gasteiger partial charge >= 0.3 is 5.69 Å². The van der Waals surface area contributed by atoms with E-state index in [2.05, 4.69) is 20.9 Å². The van der Waals surface area contributed by atoms with Crippen molar-refractivity contribution in [3.63, 3.8) is 0 Å². The van der Waals surface area contributed by atoms with Crippen LogP contribution in [0.25, 0.3) is 11.0 Å². The summed E-state index contributed by atoms with van der Waals surface area (Å²) in [6.45, 7) is 0.836. The molecule has 0 radical (unpaired) electrons. The van der Waals surface area contributed by atoms with E-state index < -0.39 is 0 Å². The van der Waals surface area contributed by atoms with Gasteiger partial charge in [0.15, 0.2) is 0 Å². The predicted molar refractivity (Wildman–Crippen MR) is 75.7 cm³/mol.